The van der Waals surface area contributed by atoms with Gasteiger partial charge in [-0.25, -0.2) is 0 Å². The van der Waals surface area contributed by atoms with E-state index in [4.69, 9.17) is 4.74 Å². The fraction of sp³-hybridized carbons (Fsp3) is 0.200. The zero-order chi connectivity index (χ0) is 16.9. The van der Waals surface area contributed by atoms with Crippen LogP contribution in [0, 0.1) is 0 Å². The average molecular weight is 320 g/mol. The maximum absolute atomic E-state index is 12.4. The van der Waals surface area contributed by atoms with Crippen molar-refractivity contribution in [3.8, 4) is 5.75 Å². The summed E-state index contributed by atoms with van der Waals surface area (Å²) in [5, 5.41) is 3.99. The van der Waals surface area contributed by atoms with E-state index >= 15 is 0 Å². The van der Waals surface area contributed by atoms with Gasteiger partial charge in [0.25, 0.3) is 0 Å². The molecule has 0 saturated carbocycles. The first-order valence-corrected chi connectivity index (χ1v) is 7.95. The highest BCUT2D eigenvalue weighted by atomic mass is 16.5. The van der Waals surface area contributed by atoms with Gasteiger partial charge in [0, 0.05) is 18.0 Å². The van der Waals surface area contributed by atoms with Gasteiger partial charge in [-0.1, -0.05) is 37.3 Å². The van der Waals surface area contributed by atoms with E-state index < -0.39 is 0 Å². The number of methoxy groups -OCH3 is 1. The number of nitrogens with zero attached hydrogens (tertiary/aromatic N) is 1. The number of benzene rings is 2. The number of ether oxygens (including phenoxy) is 1. The van der Waals surface area contributed by atoms with E-state index in [-0.39, 0.29) is 11.8 Å². The molecular formula is C20H20N2O2. The summed E-state index contributed by atoms with van der Waals surface area (Å²) in [7, 11) is 1.64. The summed E-state index contributed by atoms with van der Waals surface area (Å²) in [5.74, 6) is 0.879. The van der Waals surface area contributed by atoms with Crippen LogP contribution >= 0.6 is 0 Å². The predicted molar refractivity (Wildman–Crippen MR) is 96.4 cm³/mol. The molecule has 0 saturated heterocycles. The lowest BCUT2D eigenvalue weighted by molar-refractivity contribution is -0.116. The van der Waals surface area contributed by atoms with Crippen LogP contribution in [-0.2, 0) is 4.79 Å². The Hall–Kier alpha value is -2.88. The maximum atomic E-state index is 12.4. The van der Waals surface area contributed by atoms with Crippen molar-refractivity contribution in [2.75, 3.05) is 12.4 Å². The van der Waals surface area contributed by atoms with Crippen molar-refractivity contribution >= 4 is 22.5 Å². The summed E-state index contributed by atoms with van der Waals surface area (Å²) in [5.41, 5.74) is 2.64. The third-order valence-corrected chi connectivity index (χ3v) is 4.06. The number of fused-ring (bicyclic) bond motifs is 1. The quantitative estimate of drug-likeness (QED) is 0.759. The number of nitrogens with one attached hydrogen (secondary N) is 1. The van der Waals surface area contributed by atoms with Crippen molar-refractivity contribution in [3.05, 3.63) is 66.4 Å². The minimum Gasteiger partial charge on any atom is -0.497 e. The van der Waals surface area contributed by atoms with E-state index in [0.717, 1.165) is 27.9 Å². The molecule has 0 spiro atoms. The highest BCUT2D eigenvalue weighted by Crippen LogP contribution is 2.25. The molecule has 3 rings (SSSR count). The normalized spacial score (nSPS) is 11.9. The molecule has 4 heteroatoms. The first kappa shape index (κ1) is 16.0. The van der Waals surface area contributed by atoms with Crippen LogP contribution in [0.4, 0.5) is 5.69 Å². The Morgan fingerprint density at radius 1 is 1.17 bits per heavy atom. The van der Waals surface area contributed by atoms with Crippen molar-refractivity contribution in [3.63, 3.8) is 0 Å². The summed E-state index contributed by atoms with van der Waals surface area (Å²) in [4.78, 5) is 16.8. The third kappa shape index (κ3) is 3.54. The van der Waals surface area contributed by atoms with Gasteiger partial charge in [0.15, 0.2) is 0 Å². The highest BCUT2D eigenvalue weighted by Gasteiger charge is 2.13. The monoisotopic (exact) mass is 320 g/mol. The van der Waals surface area contributed by atoms with Crippen LogP contribution in [0.3, 0.4) is 0 Å². The van der Waals surface area contributed by atoms with Gasteiger partial charge >= 0.3 is 0 Å². The molecule has 122 valence electrons. The molecule has 0 aliphatic rings. The van der Waals surface area contributed by atoms with Gasteiger partial charge in [-0.15, -0.1) is 0 Å². The molecule has 0 radical (unpaired) electrons. The Bertz CT molecular complexity index is 856. The Morgan fingerprint density at radius 3 is 2.79 bits per heavy atom. The van der Waals surface area contributed by atoms with Crippen molar-refractivity contribution in [1.29, 1.82) is 0 Å². The van der Waals surface area contributed by atoms with Crippen LogP contribution in [-0.4, -0.2) is 18.0 Å². The molecule has 0 bridgehead atoms. The minimum absolute atomic E-state index is 0.0246. The molecule has 0 fully saturated rings. The lowest BCUT2D eigenvalue weighted by atomic mass is 9.97. The van der Waals surface area contributed by atoms with Crippen LogP contribution < -0.4 is 10.1 Å². The van der Waals surface area contributed by atoms with Crippen LogP contribution in [0.5, 0.6) is 5.75 Å². The van der Waals surface area contributed by atoms with Gasteiger partial charge in [-0.3, -0.25) is 9.78 Å². The number of amides is 1. The van der Waals surface area contributed by atoms with Gasteiger partial charge in [0.1, 0.15) is 5.75 Å². The van der Waals surface area contributed by atoms with E-state index in [0.29, 0.717) is 6.42 Å². The second kappa shape index (κ2) is 7.13. The molecular weight excluding hydrogens is 300 g/mol. The number of hydrogen-bond acceptors (Lipinski definition) is 3. The number of para-hydroxylation sites is 1. The third-order valence-electron chi connectivity index (χ3n) is 4.06. The molecule has 1 amide bonds. The van der Waals surface area contributed by atoms with Crippen molar-refractivity contribution in [2.24, 2.45) is 0 Å². The zero-order valence-electron chi connectivity index (χ0n) is 13.8. The molecule has 1 atom stereocenters. The number of rotatable bonds is 5. The van der Waals surface area contributed by atoms with E-state index in [1.807, 2.05) is 61.5 Å². The minimum atomic E-state index is -0.0246. The fourth-order valence-electron chi connectivity index (χ4n) is 2.75. The van der Waals surface area contributed by atoms with E-state index in [2.05, 4.69) is 10.3 Å². The van der Waals surface area contributed by atoms with Crippen molar-refractivity contribution < 1.29 is 9.53 Å². The fourth-order valence-corrected chi connectivity index (χ4v) is 2.75. The van der Waals surface area contributed by atoms with E-state index in [1.165, 1.54) is 0 Å². The average Bonchev–Trinajstić information content (AvgIpc) is 2.62. The molecule has 1 heterocycles. The number of carbonyl (C=O) groups excluding carboxylic acids is 1. The van der Waals surface area contributed by atoms with E-state index in [9.17, 15) is 4.79 Å². The summed E-state index contributed by atoms with van der Waals surface area (Å²) in [6.45, 7) is 2.04. The molecule has 3 aromatic rings. The first-order valence-electron chi connectivity index (χ1n) is 7.95. The van der Waals surface area contributed by atoms with Crippen LogP contribution in [0.15, 0.2) is 60.8 Å². The Morgan fingerprint density at radius 2 is 1.96 bits per heavy atom. The summed E-state index contributed by atoms with van der Waals surface area (Å²) in [6.07, 6.45) is 2.13. The van der Waals surface area contributed by atoms with Crippen molar-refractivity contribution in [2.45, 2.75) is 19.3 Å². The number of aromatic nitrogens is 1. The standard InChI is InChI=1S/C20H20N2O2/c1-14(16-7-3-9-17(13-16)24-2)12-19(23)22-18-10-4-6-15-8-5-11-21-20(15)18/h3-11,13-14H,12H2,1-2H3,(H,22,23). The smallest absolute Gasteiger partial charge is 0.225 e. The lowest BCUT2D eigenvalue weighted by Crippen LogP contribution is -2.14. The van der Waals surface area contributed by atoms with Gasteiger partial charge in [0.05, 0.1) is 18.3 Å². The molecule has 0 aliphatic heterocycles. The molecule has 4 nitrogen and oxygen atoms in total. The van der Waals surface area contributed by atoms with Gasteiger partial charge in [-0.2, -0.15) is 0 Å². The van der Waals surface area contributed by atoms with Crippen LogP contribution in [0.1, 0.15) is 24.8 Å². The molecule has 1 aromatic heterocycles. The zero-order valence-corrected chi connectivity index (χ0v) is 13.8. The van der Waals surface area contributed by atoms with Gasteiger partial charge in [-0.05, 0) is 35.7 Å². The number of anilines is 1. The van der Waals surface area contributed by atoms with Crippen molar-refractivity contribution in [1.82, 2.24) is 4.98 Å². The topological polar surface area (TPSA) is 51.2 Å². The summed E-state index contributed by atoms with van der Waals surface area (Å²) in [6, 6.07) is 17.5. The molecule has 1 unspecified atom stereocenters. The first-order chi connectivity index (χ1) is 11.7. The van der Waals surface area contributed by atoms with Gasteiger partial charge < -0.3 is 10.1 Å². The van der Waals surface area contributed by atoms with E-state index in [1.54, 1.807) is 13.3 Å². The Labute approximate surface area is 141 Å². The highest BCUT2D eigenvalue weighted by molar-refractivity contribution is 6.00. The SMILES string of the molecule is COc1cccc(C(C)CC(=O)Nc2cccc3cccnc23)c1. The largest absolute Gasteiger partial charge is 0.497 e. The predicted octanol–water partition coefficient (Wildman–Crippen LogP) is 4.38. The second-order valence-corrected chi connectivity index (χ2v) is 5.81. The Kier molecular flexibility index (Phi) is 4.75. The van der Waals surface area contributed by atoms with Gasteiger partial charge in [0.2, 0.25) is 5.91 Å². The molecule has 1 N–H and O–H groups in total. The Balaban J connectivity index is 1.72. The second-order valence-electron chi connectivity index (χ2n) is 5.81. The number of hydrogen-bond donors (Lipinski definition) is 1. The number of pyridine rings is 1. The van der Waals surface area contributed by atoms with Crippen LogP contribution in [0.25, 0.3) is 10.9 Å². The summed E-state index contributed by atoms with van der Waals surface area (Å²) < 4.78 is 5.25. The molecule has 0 aliphatic carbocycles. The molecule has 24 heavy (non-hydrogen) atoms. The summed E-state index contributed by atoms with van der Waals surface area (Å²) >= 11 is 0. The van der Waals surface area contributed by atoms with Crippen LogP contribution in [0.2, 0.25) is 0 Å². The lowest BCUT2D eigenvalue weighted by Gasteiger charge is -2.14. The number of carbonyl (C=O) groups is 1. The molecule has 2 aromatic carbocycles. The maximum Gasteiger partial charge on any atom is 0.225 e.